The van der Waals surface area contributed by atoms with Gasteiger partial charge >= 0.3 is 5.97 Å². The van der Waals surface area contributed by atoms with Crippen LogP contribution in [-0.4, -0.2) is 37.5 Å². The molecule has 0 aromatic carbocycles. The summed E-state index contributed by atoms with van der Waals surface area (Å²) in [5.41, 5.74) is 0.372. The topological polar surface area (TPSA) is 55.8 Å². The summed E-state index contributed by atoms with van der Waals surface area (Å²) in [4.78, 5) is 10.7. The number of ether oxygens (including phenoxy) is 2. The molecule has 0 aromatic rings. The molecule has 0 aliphatic carbocycles. The molecule has 0 spiro atoms. The number of esters is 1. The fourth-order valence-corrected chi connectivity index (χ4v) is 0.483. The van der Waals surface area contributed by atoms with E-state index in [0.29, 0.717) is 12.2 Å². The van der Waals surface area contributed by atoms with Crippen molar-refractivity contribution in [3.63, 3.8) is 0 Å². The lowest BCUT2D eigenvalue weighted by Gasteiger charge is -2.03. The summed E-state index contributed by atoms with van der Waals surface area (Å²) in [6.07, 6.45) is 0. The van der Waals surface area contributed by atoms with Gasteiger partial charge in [-0.1, -0.05) is 21.4 Å². The van der Waals surface area contributed by atoms with Gasteiger partial charge in [-0.2, -0.15) is 0 Å². The first-order valence-corrected chi connectivity index (χ1v) is 3.69. The van der Waals surface area contributed by atoms with Crippen molar-refractivity contribution >= 4 is 5.97 Å². The van der Waals surface area contributed by atoms with E-state index in [2.05, 4.69) is 6.58 Å². The van der Waals surface area contributed by atoms with Crippen LogP contribution in [0.2, 0.25) is 0 Å². The average molecular weight is 206 g/mol. The third-order valence-electron chi connectivity index (χ3n) is 1.04. The molecule has 0 bridgehead atoms. The third-order valence-corrected chi connectivity index (χ3v) is 1.04. The molecule has 1 N–H and O–H groups in total. The Kier molecular flexibility index (Phi) is 16.3. The molecule has 0 aliphatic rings. The van der Waals surface area contributed by atoms with Gasteiger partial charge in [-0.05, 0) is 6.92 Å². The molecule has 0 amide bonds. The Morgan fingerprint density at radius 1 is 1.29 bits per heavy atom. The second-order valence-electron chi connectivity index (χ2n) is 2.25. The van der Waals surface area contributed by atoms with Crippen LogP contribution in [0.4, 0.5) is 0 Å². The summed E-state index contributed by atoms with van der Waals surface area (Å²) in [5.74, 6) is -0.414. The van der Waals surface area contributed by atoms with Gasteiger partial charge in [0, 0.05) is 5.57 Å². The van der Waals surface area contributed by atoms with Gasteiger partial charge in [0.15, 0.2) is 0 Å². The monoisotopic (exact) mass is 206 g/mol. The largest absolute Gasteiger partial charge is 0.460 e. The zero-order chi connectivity index (χ0) is 9.40. The lowest BCUT2D eigenvalue weighted by molar-refractivity contribution is -0.140. The normalized spacial score (nSPS) is 8.14. The molecule has 0 aliphatic heterocycles. The molecule has 0 aromatic heterocycles. The Bertz CT molecular complexity index is 154. The second-order valence-corrected chi connectivity index (χ2v) is 2.25. The van der Waals surface area contributed by atoms with Crippen LogP contribution in [0.1, 0.15) is 21.8 Å². The van der Waals surface area contributed by atoms with Gasteiger partial charge in [-0.15, -0.1) is 0 Å². The number of carbonyl (C=O) groups is 1. The van der Waals surface area contributed by atoms with Gasteiger partial charge in [0.05, 0.1) is 19.8 Å². The van der Waals surface area contributed by atoms with Crippen LogP contribution in [0.3, 0.4) is 0 Å². The van der Waals surface area contributed by atoms with Gasteiger partial charge in [-0.25, -0.2) is 4.79 Å². The van der Waals surface area contributed by atoms with Gasteiger partial charge in [0.25, 0.3) is 0 Å². The molecule has 4 nitrogen and oxygen atoms in total. The third kappa shape index (κ3) is 11.1. The SMILES string of the molecule is C.C.C=C(C)C(=O)OCCOCCO. The van der Waals surface area contributed by atoms with Crippen molar-refractivity contribution in [2.24, 2.45) is 0 Å². The average Bonchev–Trinajstić information content (AvgIpc) is 2.03. The quantitative estimate of drug-likeness (QED) is 0.405. The molecule has 0 unspecified atom stereocenters. The van der Waals surface area contributed by atoms with Gasteiger partial charge < -0.3 is 14.6 Å². The first kappa shape index (κ1) is 18.8. The maximum atomic E-state index is 10.7. The minimum Gasteiger partial charge on any atom is -0.460 e. The minimum atomic E-state index is -0.414. The summed E-state index contributed by atoms with van der Waals surface area (Å²) >= 11 is 0. The zero-order valence-electron chi connectivity index (χ0n) is 7.21. The second kappa shape index (κ2) is 12.1. The molecule has 0 saturated heterocycles. The van der Waals surface area contributed by atoms with Crippen LogP contribution in [0.25, 0.3) is 0 Å². The van der Waals surface area contributed by atoms with E-state index in [1.807, 2.05) is 0 Å². The molecule has 0 atom stereocenters. The Hall–Kier alpha value is -0.870. The van der Waals surface area contributed by atoms with E-state index in [9.17, 15) is 4.79 Å². The lowest BCUT2D eigenvalue weighted by atomic mass is 10.4. The first-order chi connectivity index (χ1) is 5.68. The van der Waals surface area contributed by atoms with Crippen molar-refractivity contribution in [3.05, 3.63) is 12.2 Å². The molecule has 0 rings (SSSR count). The Morgan fingerprint density at radius 3 is 2.29 bits per heavy atom. The van der Waals surface area contributed by atoms with Crippen LogP contribution in [-0.2, 0) is 14.3 Å². The maximum absolute atomic E-state index is 10.7. The molecule has 0 radical (unpaired) electrons. The number of rotatable bonds is 6. The van der Waals surface area contributed by atoms with E-state index in [-0.39, 0.29) is 34.7 Å². The van der Waals surface area contributed by atoms with Crippen LogP contribution < -0.4 is 0 Å². The van der Waals surface area contributed by atoms with Gasteiger partial charge in [-0.3, -0.25) is 0 Å². The molecular formula is C10H22O4. The molecule has 0 heterocycles. The predicted octanol–water partition coefficient (Wildman–Crippen LogP) is 1.39. The van der Waals surface area contributed by atoms with Crippen LogP contribution in [0.5, 0.6) is 0 Å². The lowest BCUT2D eigenvalue weighted by Crippen LogP contribution is -2.12. The van der Waals surface area contributed by atoms with Crippen molar-refractivity contribution in [1.29, 1.82) is 0 Å². The highest BCUT2D eigenvalue weighted by atomic mass is 16.6. The number of hydrogen-bond acceptors (Lipinski definition) is 4. The molecular weight excluding hydrogens is 184 g/mol. The van der Waals surface area contributed by atoms with Crippen LogP contribution in [0.15, 0.2) is 12.2 Å². The minimum absolute atomic E-state index is 0. The number of aliphatic hydroxyl groups excluding tert-OH is 1. The standard InChI is InChI=1S/C8H14O4.2CH4/c1-7(2)8(10)12-6-5-11-4-3-9;;/h9H,1,3-6H2,2H3;2*1H4. The Labute approximate surface area is 86.5 Å². The van der Waals surface area contributed by atoms with Crippen molar-refractivity contribution in [3.8, 4) is 0 Å². The Morgan fingerprint density at radius 2 is 1.86 bits per heavy atom. The molecule has 0 fully saturated rings. The van der Waals surface area contributed by atoms with E-state index in [4.69, 9.17) is 14.6 Å². The highest BCUT2D eigenvalue weighted by Crippen LogP contribution is 1.91. The van der Waals surface area contributed by atoms with E-state index < -0.39 is 5.97 Å². The van der Waals surface area contributed by atoms with E-state index in [0.717, 1.165) is 0 Å². The van der Waals surface area contributed by atoms with Crippen molar-refractivity contribution < 1.29 is 19.4 Å². The predicted molar refractivity (Wildman–Crippen MR) is 57.1 cm³/mol. The maximum Gasteiger partial charge on any atom is 0.333 e. The van der Waals surface area contributed by atoms with Gasteiger partial charge in [0.1, 0.15) is 6.61 Å². The summed E-state index contributed by atoms with van der Waals surface area (Å²) in [7, 11) is 0. The van der Waals surface area contributed by atoms with Crippen molar-refractivity contribution in [2.45, 2.75) is 21.8 Å². The van der Waals surface area contributed by atoms with Crippen LogP contribution >= 0.6 is 0 Å². The van der Waals surface area contributed by atoms with Gasteiger partial charge in [0.2, 0.25) is 0 Å². The molecule has 14 heavy (non-hydrogen) atoms. The summed E-state index contributed by atoms with van der Waals surface area (Å²) < 4.78 is 9.56. The highest BCUT2D eigenvalue weighted by molar-refractivity contribution is 5.86. The number of hydrogen-bond donors (Lipinski definition) is 1. The van der Waals surface area contributed by atoms with Crippen molar-refractivity contribution in [1.82, 2.24) is 0 Å². The van der Waals surface area contributed by atoms with E-state index in [1.165, 1.54) is 0 Å². The molecule has 4 heteroatoms. The van der Waals surface area contributed by atoms with Crippen molar-refractivity contribution in [2.75, 3.05) is 26.4 Å². The molecule has 86 valence electrons. The highest BCUT2D eigenvalue weighted by Gasteiger charge is 2.01. The summed E-state index contributed by atoms with van der Waals surface area (Å²) in [5, 5.41) is 8.32. The molecule has 0 saturated carbocycles. The number of carbonyl (C=O) groups excluding carboxylic acids is 1. The van der Waals surface area contributed by atoms with E-state index in [1.54, 1.807) is 6.92 Å². The summed E-state index contributed by atoms with van der Waals surface area (Å²) in [6, 6.07) is 0. The van der Waals surface area contributed by atoms with E-state index >= 15 is 0 Å². The fourth-order valence-electron chi connectivity index (χ4n) is 0.483. The first-order valence-electron chi connectivity index (χ1n) is 3.69. The smallest absolute Gasteiger partial charge is 0.333 e. The zero-order valence-corrected chi connectivity index (χ0v) is 7.21. The number of aliphatic hydroxyl groups is 1. The fraction of sp³-hybridized carbons (Fsp3) is 0.700. The summed E-state index contributed by atoms with van der Waals surface area (Å²) in [6.45, 7) is 5.75. The Balaban J connectivity index is -0.000000605. The van der Waals surface area contributed by atoms with Crippen LogP contribution in [0, 0.1) is 0 Å².